The van der Waals surface area contributed by atoms with Crippen LogP contribution in [0.2, 0.25) is 0 Å². The van der Waals surface area contributed by atoms with E-state index >= 15 is 0 Å². The van der Waals surface area contributed by atoms with Crippen LogP contribution in [0.25, 0.3) is 10.4 Å². The van der Waals surface area contributed by atoms with Crippen molar-refractivity contribution in [1.29, 1.82) is 0 Å². The highest BCUT2D eigenvalue weighted by Crippen LogP contribution is 2.42. The van der Waals surface area contributed by atoms with Crippen molar-refractivity contribution >= 4 is 17.2 Å². The number of hydrogen-bond acceptors (Lipinski definition) is 2. The van der Waals surface area contributed by atoms with Crippen LogP contribution in [-0.4, -0.2) is 10.5 Å². The summed E-state index contributed by atoms with van der Waals surface area (Å²) in [7, 11) is 0. The van der Waals surface area contributed by atoms with Crippen molar-refractivity contribution in [3.8, 4) is 10.4 Å². The molecule has 140 valence electrons. The Labute approximate surface area is 164 Å². The Bertz CT molecular complexity index is 969. The molecule has 1 aliphatic carbocycles. The number of carbonyl (C=O) groups is 1. The van der Waals surface area contributed by atoms with Gasteiger partial charge in [0, 0.05) is 21.8 Å². The third-order valence-electron chi connectivity index (χ3n) is 5.75. The third-order valence-corrected chi connectivity index (χ3v) is 6.63. The van der Waals surface area contributed by atoms with Crippen LogP contribution in [0.5, 0.6) is 0 Å². The van der Waals surface area contributed by atoms with E-state index in [2.05, 4.69) is 54.1 Å². The van der Waals surface area contributed by atoms with Crippen molar-refractivity contribution in [3.05, 3.63) is 69.9 Å². The number of hydrogen-bond donors (Lipinski definition) is 1. The summed E-state index contributed by atoms with van der Waals surface area (Å²) < 4.78 is 2.43. The van der Waals surface area contributed by atoms with Crippen LogP contribution in [0.1, 0.15) is 65.1 Å². The second kappa shape index (κ2) is 7.35. The summed E-state index contributed by atoms with van der Waals surface area (Å²) >= 11 is 1.68. The molecule has 0 spiro atoms. The van der Waals surface area contributed by atoms with Gasteiger partial charge in [-0.3, -0.25) is 4.79 Å². The highest BCUT2D eigenvalue weighted by Gasteiger charge is 2.32. The number of thiophene rings is 1. The summed E-state index contributed by atoms with van der Waals surface area (Å²) in [5, 5.41) is 2.07. The fraction of sp³-hybridized carbons (Fsp3) is 0.348. The smallest absolute Gasteiger partial charge is 0.251 e. The van der Waals surface area contributed by atoms with Gasteiger partial charge in [0.25, 0.3) is 5.91 Å². The number of nitrogens with two attached hydrogens (primary N) is 1. The minimum atomic E-state index is -0.321. The molecule has 2 aromatic heterocycles. The standard InChI is InChI=1S/C23H26N2OS/c1-3-4-10-19-22(20-11-7-14-27-20)21(23(24)26)15(2)25(19)18-13-12-16-8-5-6-9-17(16)18/h5-9,11,14,18H,3-4,10,12-13H2,1-2H3,(H2,24,26). The average molecular weight is 379 g/mol. The third kappa shape index (κ3) is 3.02. The van der Waals surface area contributed by atoms with Crippen molar-refractivity contribution in [3.63, 3.8) is 0 Å². The molecule has 0 bridgehead atoms. The lowest BCUT2D eigenvalue weighted by molar-refractivity contribution is 0.1000. The van der Waals surface area contributed by atoms with Crippen LogP contribution in [-0.2, 0) is 12.8 Å². The first-order valence-corrected chi connectivity index (χ1v) is 10.7. The molecule has 1 atom stereocenters. The Kier molecular flexibility index (Phi) is 4.92. The van der Waals surface area contributed by atoms with Crippen LogP contribution in [0, 0.1) is 6.92 Å². The minimum Gasteiger partial charge on any atom is -0.366 e. The number of benzene rings is 1. The van der Waals surface area contributed by atoms with E-state index < -0.39 is 0 Å². The summed E-state index contributed by atoms with van der Waals surface area (Å²) in [6, 6.07) is 13.2. The van der Waals surface area contributed by atoms with Crippen molar-refractivity contribution in [2.45, 2.75) is 52.0 Å². The molecule has 1 aromatic carbocycles. The van der Waals surface area contributed by atoms with Gasteiger partial charge in [-0.15, -0.1) is 11.3 Å². The van der Waals surface area contributed by atoms with E-state index in [9.17, 15) is 4.79 Å². The molecule has 0 saturated heterocycles. The summed E-state index contributed by atoms with van der Waals surface area (Å²) in [6.07, 6.45) is 5.37. The molecule has 27 heavy (non-hydrogen) atoms. The van der Waals surface area contributed by atoms with Crippen molar-refractivity contribution < 1.29 is 4.79 Å². The van der Waals surface area contributed by atoms with Gasteiger partial charge in [-0.1, -0.05) is 43.7 Å². The van der Waals surface area contributed by atoms with Gasteiger partial charge in [0.1, 0.15) is 0 Å². The zero-order valence-corrected chi connectivity index (χ0v) is 16.8. The fourth-order valence-electron chi connectivity index (χ4n) is 4.57. The number of nitrogens with zero attached hydrogens (tertiary/aromatic N) is 1. The zero-order valence-electron chi connectivity index (χ0n) is 16.0. The van der Waals surface area contributed by atoms with Gasteiger partial charge in [0.15, 0.2) is 0 Å². The Morgan fingerprint density at radius 3 is 2.78 bits per heavy atom. The molecule has 3 nitrogen and oxygen atoms in total. The van der Waals surface area contributed by atoms with E-state index in [1.165, 1.54) is 16.8 Å². The predicted octanol–water partition coefficient (Wildman–Crippen LogP) is 5.50. The molecular weight excluding hydrogens is 352 g/mol. The Morgan fingerprint density at radius 2 is 2.07 bits per heavy atom. The van der Waals surface area contributed by atoms with E-state index in [4.69, 9.17) is 5.73 Å². The van der Waals surface area contributed by atoms with Crippen LogP contribution in [0.3, 0.4) is 0 Å². The molecule has 2 N–H and O–H groups in total. The maximum atomic E-state index is 12.5. The van der Waals surface area contributed by atoms with E-state index in [-0.39, 0.29) is 5.91 Å². The van der Waals surface area contributed by atoms with Crippen LogP contribution >= 0.6 is 11.3 Å². The molecule has 0 radical (unpaired) electrons. The summed E-state index contributed by atoms with van der Waals surface area (Å²) in [5.41, 5.74) is 12.7. The number of primary amides is 1. The number of rotatable bonds is 6. The van der Waals surface area contributed by atoms with Gasteiger partial charge < -0.3 is 10.3 Å². The quantitative estimate of drug-likeness (QED) is 0.605. The lowest BCUT2D eigenvalue weighted by atomic mass is 10.0. The molecular formula is C23H26N2OS. The largest absolute Gasteiger partial charge is 0.366 e. The van der Waals surface area contributed by atoms with Gasteiger partial charge in [-0.05, 0) is 55.2 Å². The first kappa shape index (κ1) is 18.1. The summed E-state index contributed by atoms with van der Waals surface area (Å²) in [4.78, 5) is 13.6. The molecule has 1 amide bonds. The highest BCUT2D eigenvalue weighted by molar-refractivity contribution is 7.13. The van der Waals surface area contributed by atoms with Crippen LogP contribution in [0.15, 0.2) is 41.8 Å². The molecule has 1 aliphatic rings. The maximum Gasteiger partial charge on any atom is 0.251 e. The lowest BCUT2D eigenvalue weighted by Gasteiger charge is -2.21. The number of fused-ring (bicyclic) bond motifs is 1. The van der Waals surface area contributed by atoms with Crippen LogP contribution < -0.4 is 5.73 Å². The number of unbranched alkanes of at least 4 members (excludes halogenated alkanes) is 1. The number of aromatic nitrogens is 1. The zero-order chi connectivity index (χ0) is 19.0. The number of amides is 1. The van der Waals surface area contributed by atoms with Crippen LogP contribution in [0.4, 0.5) is 0 Å². The molecule has 0 fully saturated rings. The monoisotopic (exact) mass is 378 g/mol. The number of aryl methyl sites for hydroxylation is 1. The highest BCUT2D eigenvalue weighted by atomic mass is 32.1. The Hall–Kier alpha value is -2.33. The molecule has 3 aromatic rings. The van der Waals surface area contributed by atoms with Crippen molar-refractivity contribution in [1.82, 2.24) is 4.57 Å². The minimum absolute atomic E-state index is 0.292. The molecule has 2 heterocycles. The van der Waals surface area contributed by atoms with Crippen molar-refractivity contribution in [2.24, 2.45) is 5.73 Å². The second-order valence-electron chi connectivity index (χ2n) is 7.35. The second-order valence-corrected chi connectivity index (χ2v) is 8.30. The molecule has 1 unspecified atom stereocenters. The first-order valence-electron chi connectivity index (χ1n) is 9.78. The van der Waals surface area contributed by atoms with Gasteiger partial charge in [0.2, 0.25) is 0 Å². The SMILES string of the molecule is CCCCc1c(-c2cccs2)c(C(N)=O)c(C)n1C1CCc2ccccc21. The summed E-state index contributed by atoms with van der Waals surface area (Å²) in [6.45, 7) is 4.28. The fourth-order valence-corrected chi connectivity index (χ4v) is 5.37. The Balaban J connectivity index is 1.96. The van der Waals surface area contributed by atoms with Gasteiger partial charge >= 0.3 is 0 Å². The van der Waals surface area contributed by atoms with Gasteiger partial charge in [-0.25, -0.2) is 0 Å². The predicted molar refractivity (Wildman–Crippen MR) is 113 cm³/mol. The first-order chi connectivity index (χ1) is 13.1. The maximum absolute atomic E-state index is 12.5. The van der Waals surface area contributed by atoms with E-state index in [1.54, 1.807) is 11.3 Å². The normalized spacial score (nSPS) is 15.9. The Morgan fingerprint density at radius 1 is 1.26 bits per heavy atom. The van der Waals surface area contributed by atoms with Gasteiger partial charge in [-0.2, -0.15) is 0 Å². The molecule has 4 rings (SSSR count). The molecule has 0 aliphatic heterocycles. The molecule has 0 saturated carbocycles. The van der Waals surface area contributed by atoms with Crippen molar-refractivity contribution in [2.75, 3.05) is 0 Å². The van der Waals surface area contributed by atoms with E-state index in [0.29, 0.717) is 11.6 Å². The summed E-state index contributed by atoms with van der Waals surface area (Å²) in [5.74, 6) is -0.321. The number of carbonyl (C=O) groups excluding carboxylic acids is 1. The van der Waals surface area contributed by atoms with Gasteiger partial charge in [0.05, 0.1) is 11.6 Å². The van der Waals surface area contributed by atoms with E-state index in [1.807, 2.05) is 6.07 Å². The molecule has 4 heteroatoms. The average Bonchev–Trinajstić information content (AvgIpc) is 3.37. The lowest BCUT2D eigenvalue weighted by Crippen LogP contribution is -2.15. The van der Waals surface area contributed by atoms with E-state index in [0.717, 1.165) is 48.2 Å². The topological polar surface area (TPSA) is 48.0 Å².